The van der Waals surface area contributed by atoms with Gasteiger partial charge in [-0.25, -0.2) is 4.79 Å². The van der Waals surface area contributed by atoms with Gasteiger partial charge in [-0.3, -0.25) is 0 Å². The maximum absolute atomic E-state index is 11.0. The zero-order valence-corrected chi connectivity index (χ0v) is 12.3. The summed E-state index contributed by atoms with van der Waals surface area (Å²) in [5.41, 5.74) is 6.17. The molecule has 1 aromatic rings. The van der Waals surface area contributed by atoms with Crippen molar-refractivity contribution in [2.75, 3.05) is 20.3 Å². The number of thiol groups is 1. The SMILES string of the molecule is COC(=O)COc1cc(S)c(OCC(N)=S)cc1C. The van der Waals surface area contributed by atoms with E-state index in [0.29, 0.717) is 16.4 Å². The number of hydrogen-bond donors (Lipinski definition) is 2. The molecule has 0 heterocycles. The van der Waals surface area contributed by atoms with Gasteiger partial charge in [0.15, 0.2) is 6.61 Å². The lowest BCUT2D eigenvalue weighted by Gasteiger charge is -2.13. The number of ether oxygens (including phenoxy) is 3. The first-order valence-electron chi connectivity index (χ1n) is 5.38. The van der Waals surface area contributed by atoms with E-state index < -0.39 is 5.97 Å². The number of benzene rings is 1. The van der Waals surface area contributed by atoms with Gasteiger partial charge in [-0.1, -0.05) is 12.2 Å². The van der Waals surface area contributed by atoms with Crippen molar-refractivity contribution in [2.24, 2.45) is 5.73 Å². The minimum atomic E-state index is -0.450. The van der Waals surface area contributed by atoms with Crippen molar-refractivity contribution in [3.63, 3.8) is 0 Å². The van der Waals surface area contributed by atoms with Gasteiger partial charge in [0, 0.05) is 4.90 Å². The molecule has 19 heavy (non-hydrogen) atoms. The van der Waals surface area contributed by atoms with Gasteiger partial charge < -0.3 is 19.9 Å². The molecule has 1 rings (SSSR count). The summed E-state index contributed by atoms with van der Waals surface area (Å²) < 4.78 is 15.2. The second kappa shape index (κ2) is 7.20. The van der Waals surface area contributed by atoms with E-state index in [1.165, 1.54) is 7.11 Å². The van der Waals surface area contributed by atoms with E-state index in [1.807, 2.05) is 6.92 Å². The number of methoxy groups -OCH3 is 1. The smallest absolute Gasteiger partial charge is 0.343 e. The fourth-order valence-corrected chi connectivity index (χ4v) is 1.57. The van der Waals surface area contributed by atoms with Crippen LogP contribution in [0, 0.1) is 6.92 Å². The molecule has 0 fully saturated rings. The summed E-state index contributed by atoms with van der Waals surface area (Å²) >= 11 is 9.01. The van der Waals surface area contributed by atoms with Crippen LogP contribution in [0.1, 0.15) is 5.56 Å². The molecule has 0 saturated heterocycles. The highest BCUT2D eigenvalue weighted by Gasteiger charge is 2.09. The van der Waals surface area contributed by atoms with Crippen molar-refractivity contribution < 1.29 is 19.0 Å². The average Bonchev–Trinajstić information content (AvgIpc) is 2.37. The van der Waals surface area contributed by atoms with Crippen LogP contribution in [0.5, 0.6) is 11.5 Å². The van der Waals surface area contributed by atoms with Gasteiger partial charge >= 0.3 is 5.97 Å². The van der Waals surface area contributed by atoms with Crippen molar-refractivity contribution in [1.82, 2.24) is 0 Å². The molecule has 7 heteroatoms. The van der Waals surface area contributed by atoms with E-state index in [0.717, 1.165) is 5.56 Å². The molecule has 0 saturated carbocycles. The summed E-state index contributed by atoms with van der Waals surface area (Å²) in [4.78, 5) is 11.8. The molecule has 0 aliphatic rings. The van der Waals surface area contributed by atoms with Crippen LogP contribution in [0.2, 0.25) is 0 Å². The van der Waals surface area contributed by atoms with E-state index in [1.54, 1.807) is 12.1 Å². The summed E-state index contributed by atoms with van der Waals surface area (Å²) in [5.74, 6) is 0.644. The van der Waals surface area contributed by atoms with Crippen molar-refractivity contribution in [3.05, 3.63) is 17.7 Å². The lowest BCUT2D eigenvalue weighted by molar-refractivity contribution is -0.142. The van der Waals surface area contributed by atoms with Crippen LogP contribution >= 0.6 is 24.8 Å². The number of esters is 1. The van der Waals surface area contributed by atoms with E-state index in [2.05, 4.69) is 17.4 Å². The molecule has 0 aliphatic heterocycles. The van der Waals surface area contributed by atoms with Crippen molar-refractivity contribution in [3.8, 4) is 11.5 Å². The van der Waals surface area contributed by atoms with Gasteiger partial charge in [0.05, 0.1) is 7.11 Å². The Morgan fingerprint density at radius 1 is 1.32 bits per heavy atom. The topological polar surface area (TPSA) is 70.8 Å². The Morgan fingerprint density at radius 2 is 1.95 bits per heavy atom. The number of carbonyl (C=O) groups is 1. The first-order valence-corrected chi connectivity index (χ1v) is 6.24. The molecule has 2 N–H and O–H groups in total. The quantitative estimate of drug-likeness (QED) is 0.471. The second-order valence-corrected chi connectivity index (χ2v) is 4.71. The van der Waals surface area contributed by atoms with E-state index >= 15 is 0 Å². The zero-order chi connectivity index (χ0) is 14.4. The number of aryl methyl sites for hydroxylation is 1. The lowest BCUT2D eigenvalue weighted by Crippen LogP contribution is -2.18. The molecule has 0 amide bonds. The molecule has 0 radical (unpaired) electrons. The van der Waals surface area contributed by atoms with Crippen LogP contribution in [0.15, 0.2) is 17.0 Å². The van der Waals surface area contributed by atoms with Crippen LogP contribution in [-0.2, 0) is 9.53 Å². The Kier molecular flexibility index (Phi) is 5.91. The maximum Gasteiger partial charge on any atom is 0.343 e. The highest BCUT2D eigenvalue weighted by molar-refractivity contribution is 7.80. The van der Waals surface area contributed by atoms with E-state index in [9.17, 15) is 4.79 Å². The summed E-state index contributed by atoms with van der Waals surface area (Å²) in [6.07, 6.45) is 0. The van der Waals surface area contributed by atoms with Crippen molar-refractivity contribution in [2.45, 2.75) is 11.8 Å². The molecule has 1 aromatic carbocycles. The maximum atomic E-state index is 11.0. The monoisotopic (exact) mass is 301 g/mol. The van der Waals surface area contributed by atoms with Gasteiger partial charge in [0.25, 0.3) is 0 Å². The van der Waals surface area contributed by atoms with Crippen LogP contribution in [0.25, 0.3) is 0 Å². The molecular formula is C12H15NO4S2. The highest BCUT2D eigenvalue weighted by Crippen LogP contribution is 2.31. The minimum Gasteiger partial charge on any atom is -0.485 e. The number of carbonyl (C=O) groups excluding carboxylic acids is 1. The Balaban J connectivity index is 2.78. The third-order valence-corrected chi connectivity index (χ3v) is 2.67. The van der Waals surface area contributed by atoms with Gasteiger partial charge in [-0.15, -0.1) is 12.6 Å². The van der Waals surface area contributed by atoms with Gasteiger partial charge in [-0.2, -0.15) is 0 Å². The van der Waals surface area contributed by atoms with E-state index in [4.69, 9.17) is 27.4 Å². The third kappa shape index (κ3) is 4.96. The van der Waals surface area contributed by atoms with Gasteiger partial charge in [0.1, 0.15) is 23.1 Å². The number of hydrogen-bond acceptors (Lipinski definition) is 6. The molecule has 104 valence electrons. The molecule has 0 aliphatic carbocycles. The predicted molar refractivity (Wildman–Crippen MR) is 78.2 cm³/mol. The number of rotatable bonds is 6. The van der Waals surface area contributed by atoms with Crippen LogP contribution in [-0.4, -0.2) is 31.3 Å². The summed E-state index contributed by atoms with van der Waals surface area (Å²) in [6, 6.07) is 3.41. The molecule has 0 unspecified atom stereocenters. The largest absolute Gasteiger partial charge is 0.485 e. The van der Waals surface area contributed by atoms with E-state index in [-0.39, 0.29) is 18.2 Å². The Bertz CT molecular complexity index is 491. The fraction of sp³-hybridized carbons (Fsp3) is 0.333. The van der Waals surface area contributed by atoms with Gasteiger partial charge in [-0.05, 0) is 24.6 Å². The molecule has 0 spiro atoms. The standard InChI is InChI=1S/C12H15NO4S2/c1-7-3-9(16-5-11(13)19)10(18)4-8(7)17-6-12(14)15-2/h3-4,18H,5-6H2,1-2H3,(H2,13,19). The Hall–Kier alpha value is -1.47. The van der Waals surface area contributed by atoms with Gasteiger partial charge in [0.2, 0.25) is 0 Å². The highest BCUT2D eigenvalue weighted by atomic mass is 32.1. The third-order valence-electron chi connectivity index (χ3n) is 2.20. The number of nitrogens with two attached hydrogens (primary N) is 1. The summed E-state index contributed by atoms with van der Waals surface area (Å²) in [5, 5.41) is 0. The lowest BCUT2D eigenvalue weighted by atomic mass is 10.2. The first-order chi connectivity index (χ1) is 8.93. The summed E-state index contributed by atoms with van der Waals surface area (Å²) in [6.45, 7) is 1.82. The predicted octanol–water partition coefficient (Wildman–Crippen LogP) is 1.50. The molecule has 0 bridgehead atoms. The molecule has 5 nitrogen and oxygen atoms in total. The first kappa shape index (κ1) is 15.6. The molecule has 0 aromatic heterocycles. The Morgan fingerprint density at radius 3 is 2.53 bits per heavy atom. The van der Waals surface area contributed by atoms with Crippen molar-refractivity contribution in [1.29, 1.82) is 0 Å². The second-order valence-electron chi connectivity index (χ2n) is 3.71. The molecule has 0 atom stereocenters. The zero-order valence-electron chi connectivity index (χ0n) is 10.6. The van der Waals surface area contributed by atoms with Crippen molar-refractivity contribution >= 4 is 35.8 Å². The Labute approximate surface area is 122 Å². The van der Waals surface area contributed by atoms with Crippen LogP contribution in [0.3, 0.4) is 0 Å². The van der Waals surface area contributed by atoms with Crippen LogP contribution in [0.4, 0.5) is 0 Å². The normalized spacial score (nSPS) is 9.84. The average molecular weight is 301 g/mol. The van der Waals surface area contributed by atoms with Crippen LogP contribution < -0.4 is 15.2 Å². The minimum absolute atomic E-state index is 0.144. The summed E-state index contributed by atoms with van der Waals surface area (Å²) in [7, 11) is 1.30. The molecular weight excluding hydrogens is 286 g/mol. The fourth-order valence-electron chi connectivity index (χ4n) is 1.27. The number of thiocarbonyl (C=S) groups is 1.